The van der Waals surface area contributed by atoms with Crippen LogP contribution in [0.4, 0.5) is 18.9 Å². The Morgan fingerprint density at radius 3 is 2.45 bits per heavy atom. The predicted molar refractivity (Wildman–Crippen MR) is 72.3 cm³/mol. The molecular weight excluding hydrogens is 341 g/mol. The van der Waals surface area contributed by atoms with E-state index in [0.29, 0.717) is 5.69 Å². The lowest BCUT2D eigenvalue weighted by atomic mass is 10.1. The number of nitrogens with one attached hydrogen (secondary N) is 1. The molecule has 0 bridgehead atoms. The summed E-state index contributed by atoms with van der Waals surface area (Å²) in [5.74, 6) is -0.841. The maximum absolute atomic E-state index is 12.1. The smallest absolute Gasteiger partial charge is 0.405 e. The molecule has 4 nitrogen and oxygen atoms in total. The monoisotopic (exact) mass is 354 g/mol. The maximum Gasteiger partial charge on any atom is 0.573 e. The molecule has 0 aromatic heterocycles. The molecular formula is C12H14BrF3N2O2. The minimum absolute atomic E-state index is 0.0497. The minimum Gasteiger partial charge on any atom is -0.405 e. The highest BCUT2D eigenvalue weighted by Crippen LogP contribution is 2.32. The van der Waals surface area contributed by atoms with E-state index in [4.69, 9.17) is 5.73 Å². The van der Waals surface area contributed by atoms with Crippen molar-refractivity contribution >= 4 is 27.5 Å². The molecule has 0 spiro atoms. The number of nitrogens with two attached hydrogens (primary N) is 1. The zero-order chi connectivity index (χ0) is 15.5. The second-order valence-corrected chi connectivity index (χ2v) is 5.31. The zero-order valence-corrected chi connectivity index (χ0v) is 12.4. The van der Waals surface area contributed by atoms with Crippen LogP contribution in [0.5, 0.6) is 5.75 Å². The lowest BCUT2D eigenvalue weighted by Gasteiger charge is -2.16. The van der Waals surface area contributed by atoms with Crippen LogP contribution in [0.1, 0.15) is 13.8 Å². The van der Waals surface area contributed by atoms with Gasteiger partial charge in [-0.2, -0.15) is 0 Å². The summed E-state index contributed by atoms with van der Waals surface area (Å²) < 4.78 is 40.2. The maximum atomic E-state index is 12.1. The lowest BCUT2D eigenvalue weighted by Crippen LogP contribution is -2.39. The molecule has 1 atom stereocenters. The Hall–Kier alpha value is -1.28. The molecule has 1 rings (SSSR count). The molecule has 0 radical (unpaired) electrons. The van der Waals surface area contributed by atoms with Crippen molar-refractivity contribution in [2.24, 2.45) is 11.7 Å². The molecule has 1 unspecified atom stereocenters. The summed E-state index contributed by atoms with van der Waals surface area (Å²) in [6.45, 7) is 3.58. The van der Waals surface area contributed by atoms with Gasteiger partial charge >= 0.3 is 6.36 Å². The number of benzene rings is 1. The Balaban J connectivity index is 2.80. The number of hydrogen-bond donors (Lipinski definition) is 2. The van der Waals surface area contributed by atoms with E-state index in [1.807, 2.05) is 0 Å². The first-order valence-corrected chi connectivity index (χ1v) is 6.51. The van der Waals surface area contributed by atoms with Gasteiger partial charge in [0.05, 0.1) is 10.5 Å². The fourth-order valence-electron chi connectivity index (χ4n) is 1.31. The Morgan fingerprint density at radius 2 is 2.00 bits per heavy atom. The van der Waals surface area contributed by atoms with Crippen LogP contribution in [-0.2, 0) is 4.79 Å². The summed E-state index contributed by atoms with van der Waals surface area (Å²) in [5, 5.41) is 2.52. The first-order chi connectivity index (χ1) is 9.10. The van der Waals surface area contributed by atoms with E-state index in [1.54, 1.807) is 13.8 Å². The molecule has 0 fully saturated rings. The fourth-order valence-corrected chi connectivity index (χ4v) is 1.77. The molecule has 1 aromatic rings. The van der Waals surface area contributed by atoms with Crippen LogP contribution in [0, 0.1) is 5.92 Å². The highest BCUT2D eigenvalue weighted by atomic mass is 79.9. The van der Waals surface area contributed by atoms with Crippen molar-refractivity contribution in [3.8, 4) is 5.75 Å². The first-order valence-electron chi connectivity index (χ1n) is 5.72. The van der Waals surface area contributed by atoms with Gasteiger partial charge in [-0.05, 0) is 40.0 Å². The highest BCUT2D eigenvalue weighted by Gasteiger charge is 2.32. The van der Waals surface area contributed by atoms with Gasteiger partial charge in [0.15, 0.2) is 0 Å². The summed E-state index contributed by atoms with van der Waals surface area (Å²) in [5.41, 5.74) is 5.99. The number of amides is 1. The molecule has 20 heavy (non-hydrogen) atoms. The summed E-state index contributed by atoms with van der Waals surface area (Å²) in [4.78, 5) is 11.7. The number of rotatable bonds is 4. The second-order valence-electron chi connectivity index (χ2n) is 4.45. The average Bonchev–Trinajstić information content (AvgIpc) is 2.30. The fraction of sp³-hybridized carbons (Fsp3) is 0.417. The minimum atomic E-state index is -4.77. The van der Waals surface area contributed by atoms with Gasteiger partial charge in [-0.3, -0.25) is 4.79 Å². The summed E-state index contributed by atoms with van der Waals surface area (Å²) >= 11 is 2.95. The van der Waals surface area contributed by atoms with E-state index in [9.17, 15) is 18.0 Å². The topological polar surface area (TPSA) is 64.4 Å². The van der Waals surface area contributed by atoms with Gasteiger partial charge in [-0.25, -0.2) is 0 Å². The van der Waals surface area contributed by atoms with Crippen molar-refractivity contribution in [2.75, 3.05) is 5.32 Å². The SMILES string of the molecule is CC(C)C(N)C(=O)Nc1ccc(OC(F)(F)F)c(Br)c1. The molecule has 1 aromatic carbocycles. The van der Waals surface area contributed by atoms with E-state index < -0.39 is 18.3 Å². The molecule has 0 aliphatic carbocycles. The first kappa shape index (κ1) is 16.8. The highest BCUT2D eigenvalue weighted by molar-refractivity contribution is 9.10. The largest absolute Gasteiger partial charge is 0.573 e. The molecule has 0 heterocycles. The number of alkyl halides is 3. The quantitative estimate of drug-likeness (QED) is 0.871. The Kier molecular flexibility index (Phi) is 5.41. The van der Waals surface area contributed by atoms with Crippen molar-refractivity contribution in [3.05, 3.63) is 22.7 Å². The normalized spacial score (nSPS) is 13.2. The van der Waals surface area contributed by atoms with Crippen molar-refractivity contribution < 1.29 is 22.7 Å². The van der Waals surface area contributed by atoms with Gasteiger partial charge in [0.1, 0.15) is 5.75 Å². The molecule has 8 heteroatoms. The standard InChI is InChI=1S/C12H14BrF3N2O2/c1-6(2)10(17)11(19)18-7-3-4-9(8(13)5-7)20-12(14,15)16/h3-6,10H,17H2,1-2H3,(H,18,19). The number of hydrogen-bond acceptors (Lipinski definition) is 3. The third-order valence-electron chi connectivity index (χ3n) is 2.45. The molecule has 0 aliphatic heterocycles. The van der Waals surface area contributed by atoms with Crippen LogP contribution in [-0.4, -0.2) is 18.3 Å². The van der Waals surface area contributed by atoms with Crippen molar-refractivity contribution in [1.29, 1.82) is 0 Å². The molecule has 0 saturated heterocycles. The number of carbonyl (C=O) groups is 1. The predicted octanol–water partition coefficient (Wildman–Crippen LogP) is 3.27. The average molecular weight is 355 g/mol. The summed E-state index contributed by atoms with van der Waals surface area (Å²) in [6.07, 6.45) is -4.77. The summed E-state index contributed by atoms with van der Waals surface area (Å²) in [6, 6.07) is 3.02. The van der Waals surface area contributed by atoms with Gasteiger partial charge < -0.3 is 15.8 Å². The summed E-state index contributed by atoms with van der Waals surface area (Å²) in [7, 11) is 0. The van der Waals surface area contributed by atoms with Gasteiger partial charge in [0.2, 0.25) is 5.91 Å². The van der Waals surface area contributed by atoms with Crippen LogP contribution in [0.15, 0.2) is 22.7 Å². The number of halogens is 4. The van der Waals surface area contributed by atoms with Crippen molar-refractivity contribution in [2.45, 2.75) is 26.3 Å². The van der Waals surface area contributed by atoms with Gasteiger partial charge in [-0.1, -0.05) is 13.8 Å². The molecule has 1 amide bonds. The molecule has 0 saturated carbocycles. The van der Waals surface area contributed by atoms with Crippen molar-refractivity contribution in [3.63, 3.8) is 0 Å². The Bertz CT molecular complexity index is 492. The second kappa shape index (κ2) is 6.45. The van der Waals surface area contributed by atoms with E-state index in [2.05, 4.69) is 26.0 Å². The van der Waals surface area contributed by atoms with Crippen LogP contribution < -0.4 is 15.8 Å². The van der Waals surface area contributed by atoms with Crippen LogP contribution in [0.2, 0.25) is 0 Å². The van der Waals surface area contributed by atoms with Crippen LogP contribution in [0.25, 0.3) is 0 Å². The number of anilines is 1. The van der Waals surface area contributed by atoms with E-state index >= 15 is 0 Å². The van der Waals surface area contributed by atoms with E-state index in [0.717, 1.165) is 6.07 Å². The van der Waals surface area contributed by atoms with E-state index in [-0.39, 0.29) is 16.1 Å². The van der Waals surface area contributed by atoms with Crippen LogP contribution >= 0.6 is 15.9 Å². The van der Waals surface area contributed by atoms with Gasteiger partial charge in [-0.15, -0.1) is 13.2 Å². The number of carbonyl (C=O) groups excluding carboxylic acids is 1. The molecule has 0 aliphatic rings. The third-order valence-corrected chi connectivity index (χ3v) is 3.07. The molecule has 3 N–H and O–H groups in total. The van der Waals surface area contributed by atoms with Gasteiger partial charge in [0.25, 0.3) is 0 Å². The van der Waals surface area contributed by atoms with Crippen LogP contribution in [0.3, 0.4) is 0 Å². The van der Waals surface area contributed by atoms with E-state index in [1.165, 1.54) is 12.1 Å². The Labute approximate surface area is 122 Å². The third kappa shape index (κ3) is 5.01. The number of ether oxygens (including phenoxy) is 1. The Morgan fingerprint density at radius 1 is 1.40 bits per heavy atom. The zero-order valence-electron chi connectivity index (χ0n) is 10.8. The van der Waals surface area contributed by atoms with Gasteiger partial charge in [0, 0.05) is 5.69 Å². The lowest BCUT2D eigenvalue weighted by molar-refractivity contribution is -0.274. The molecule has 112 valence electrons. The van der Waals surface area contributed by atoms with Crippen molar-refractivity contribution in [1.82, 2.24) is 0 Å².